The summed E-state index contributed by atoms with van der Waals surface area (Å²) in [6.07, 6.45) is 16.8. The topological polar surface area (TPSA) is 0 Å². The molecule has 30 heavy (non-hydrogen) atoms. The Kier molecular flexibility index (Phi) is 10.6. The second kappa shape index (κ2) is 12.0. The van der Waals surface area contributed by atoms with E-state index in [0.29, 0.717) is 0 Å². The van der Waals surface area contributed by atoms with Crippen LogP contribution in [0.15, 0.2) is 53.4 Å². The van der Waals surface area contributed by atoms with E-state index in [1.165, 1.54) is 32.1 Å². The maximum atomic E-state index is 2.67. The molecule has 1 fully saturated rings. The Labute approximate surface area is 209 Å². The van der Waals surface area contributed by atoms with Crippen LogP contribution < -0.4 is 24.8 Å². The van der Waals surface area contributed by atoms with E-state index in [4.69, 9.17) is 0 Å². The van der Waals surface area contributed by atoms with E-state index in [9.17, 15) is 0 Å². The van der Waals surface area contributed by atoms with Gasteiger partial charge >= 0.3 is 186 Å². The molecule has 0 saturated heterocycles. The summed E-state index contributed by atoms with van der Waals surface area (Å²) in [6, 6.07) is 9.40. The summed E-state index contributed by atoms with van der Waals surface area (Å²) in [6.45, 7) is 9.88. The Morgan fingerprint density at radius 1 is 1.03 bits per heavy atom. The molecule has 4 rings (SSSR count). The summed E-state index contributed by atoms with van der Waals surface area (Å²) in [4.78, 5) is 0. The van der Waals surface area contributed by atoms with Gasteiger partial charge in [-0.3, -0.25) is 0 Å². The van der Waals surface area contributed by atoms with Crippen LogP contribution in [0.1, 0.15) is 74.6 Å². The van der Waals surface area contributed by atoms with Crippen LogP contribution in [0.3, 0.4) is 0 Å². The molecule has 1 aromatic carbocycles. The van der Waals surface area contributed by atoms with Crippen molar-refractivity contribution in [2.45, 2.75) is 78.5 Å². The zero-order valence-corrected chi connectivity index (χ0v) is 24.7. The third-order valence-corrected chi connectivity index (χ3v) is 18.8. The molecule has 0 nitrogen and oxygen atoms in total. The summed E-state index contributed by atoms with van der Waals surface area (Å²) >= 11 is -0.863. The number of halogens is 2. The van der Waals surface area contributed by atoms with Gasteiger partial charge in [0.15, 0.2) is 0 Å². The normalized spacial score (nSPS) is 26.7. The van der Waals surface area contributed by atoms with Gasteiger partial charge in [-0.1, -0.05) is 0 Å². The van der Waals surface area contributed by atoms with Crippen LogP contribution in [0.2, 0.25) is 3.67 Å². The first kappa shape index (κ1) is 26.6. The van der Waals surface area contributed by atoms with Crippen molar-refractivity contribution in [3.05, 3.63) is 64.5 Å². The molecule has 5 unspecified atom stereocenters. The van der Waals surface area contributed by atoms with E-state index in [1.54, 1.807) is 11.1 Å². The summed E-state index contributed by atoms with van der Waals surface area (Å²) in [7, 11) is -0.0332. The van der Waals surface area contributed by atoms with E-state index >= 15 is 0 Å². The Balaban J connectivity index is 0.00000160. The standard InChI is InChI=1S/C17H24P.C9H11.2ClH.Hf/c1-5-13(3)18(14(4)6-2)17-11-15-9-7-8-10-16(15)12-17;1-2-5-9-7-3-6-8(9)4-1;;;/h7-14H,5-6H2,1-4H3;1-2,4,6,9H,3,5,7H2;2*1H;/q;;;;+2/p-2. The number of benzene rings is 1. The largest absolute Gasteiger partial charge is 1.00 e. The monoisotopic (exact) mass is 628 g/mol. The van der Waals surface area contributed by atoms with Gasteiger partial charge in [0.25, 0.3) is 0 Å². The van der Waals surface area contributed by atoms with Crippen molar-refractivity contribution >= 4 is 14.0 Å². The van der Waals surface area contributed by atoms with Crippen LogP contribution in [0.5, 0.6) is 0 Å². The van der Waals surface area contributed by atoms with Crippen molar-refractivity contribution in [1.29, 1.82) is 0 Å². The van der Waals surface area contributed by atoms with Gasteiger partial charge < -0.3 is 24.8 Å². The fraction of sp³-hybridized carbons (Fsp3) is 0.538. The van der Waals surface area contributed by atoms with Crippen LogP contribution in [0.25, 0.3) is 6.08 Å². The van der Waals surface area contributed by atoms with Crippen molar-refractivity contribution in [2.75, 3.05) is 0 Å². The molecule has 0 radical (unpaired) electrons. The second-order valence-corrected chi connectivity index (χ2v) is 17.7. The number of hydrogen-bond acceptors (Lipinski definition) is 0. The SMILES string of the molecule is CCC(C)P(C1=Cc2ccccc2[CH]1[Hf+2][CH]1CCC2CC=CC=C21)C(C)CC.[Cl-].[Cl-]. The second-order valence-electron chi connectivity index (χ2n) is 8.88. The van der Waals surface area contributed by atoms with Crippen molar-refractivity contribution in [1.82, 2.24) is 0 Å². The minimum atomic E-state index is -0.863. The quantitative estimate of drug-likeness (QED) is 0.322. The smallest absolute Gasteiger partial charge is 1.00 e. The molecule has 0 spiro atoms. The average Bonchev–Trinajstić information content (AvgIpc) is 3.30. The Bertz CT molecular complexity index is 790. The molecule has 1 saturated carbocycles. The van der Waals surface area contributed by atoms with Gasteiger partial charge in [0.2, 0.25) is 0 Å². The average molecular weight is 628 g/mol. The molecular weight excluding hydrogens is 593 g/mol. The molecule has 0 bridgehead atoms. The number of fused-ring (bicyclic) bond motifs is 2. The van der Waals surface area contributed by atoms with Crippen LogP contribution in [0.4, 0.5) is 0 Å². The van der Waals surface area contributed by atoms with Crippen molar-refractivity contribution in [3.8, 4) is 0 Å². The Morgan fingerprint density at radius 2 is 1.73 bits per heavy atom. The van der Waals surface area contributed by atoms with Gasteiger partial charge in [0, 0.05) is 0 Å². The maximum absolute atomic E-state index is 2.67. The van der Waals surface area contributed by atoms with E-state index in [1.807, 2.05) is 10.9 Å². The molecular formula is C26H35Cl2HfP. The molecule has 4 heteroatoms. The molecule has 0 aliphatic heterocycles. The molecule has 0 aromatic heterocycles. The summed E-state index contributed by atoms with van der Waals surface area (Å²) in [5.41, 5.74) is 6.82. The summed E-state index contributed by atoms with van der Waals surface area (Å²) in [5, 5.41) is 1.90. The van der Waals surface area contributed by atoms with Gasteiger partial charge in [0.1, 0.15) is 0 Å². The number of rotatable bonds is 7. The predicted molar refractivity (Wildman–Crippen MR) is 122 cm³/mol. The van der Waals surface area contributed by atoms with Gasteiger partial charge in [0.05, 0.1) is 0 Å². The third kappa shape index (κ3) is 5.27. The van der Waals surface area contributed by atoms with Crippen LogP contribution in [0, 0.1) is 5.92 Å². The fourth-order valence-electron chi connectivity index (χ4n) is 5.34. The van der Waals surface area contributed by atoms with E-state index in [0.717, 1.165) is 24.6 Å². The van der Waals surface area contributed by atoms with Gasteiger partial charge in [-0.2, -0.15) is 0 Å². The maximum Gasteiger partial charge on any atom is -1.00 e. The van der Waals surface area contributed by atoms with Crippen molar-refractivity contribution < 1.29 is 47.7 Å². The van der Waals surface area contributed by atoms with Crippen molar-refractivity contribution in [2.24, 2.45) is 5.92 Å². The summed E-state index contributed by atoms with van der Waals surface area (Å²) < 4.78 is 1.83. The first-order valence-corrected chi connectivity index (χ1v) is 17.0. The van der Waals surface area contributed by atoms with Crippen LogP contribution >= 0.6 is 7.92 Å². The molecule has 0 heterocycles. The van der Waals surface area contributed by atoms with E-state index < -0.39 is 22.9 Å². The fourth-order valence-corrected chi connectivity index (χ4v) is 18.0. The van der Waals surface area contributed by atoms with Crippen LogP contribution in [-0.2, 0) is 22.9 Å². The molecule has 0 N–H and O–H groups in total. The Hall–Kier alpha value is 0.320. The van der Waals surface area contributed by atoms with Crippen LogP contribution in [-0.4, -0.2) is 11.3 Å². The van der Waals surface area contributed by atoms with E-state index in [2.05, 4.69) is 76.3 Å². The molecule has 1 aromatic rings. The third-order valence-electron chi connectivity index (χ3n) is 7.23. The minimum absolute atomic E-state index is 0. The molecule has 0 amide bonds. The first-order chi connectivity index (χ1) is 13.6. The Morgan fingerprint density at radius 3 is 2.43 bits per heavy atom. The van der Waals surface area contributed by atoms with E-state index in [-0.39, 0.29) is 32.7 Å². The summed E-state index contributed by atoms with van der Waals surface area (Å²) in [5.74, 6) is 0.886. The predicted octanol–water partition coefficient (Wildman–Crippen LogP) is 2.34. The molecule has 3 aliphatic carbocycles. The molecule has 5 atom stereocenters. The van der Waals surface area contributed by atoms with Gasteiger partial charge in [-0.25, -0.2) is 0 Å². The first-order valence-electron chi connectivity index (χ1n) is 11.4. The molecule has 162 valence electrons. The zero-order chi connectivity index (χ0) is 19.7. The van der Waals surface area contributed by atoms with Crippen molar-refractivity contribution in [3.63, 3.8) is 0 Å². The molecule has 3 aliphatic rings. The van der Waals surface area contributed by atoms with Gasteiger partial charge in [-0.15, -0.1) is 0 Å². The number of allylic oxidation sites excluding steroid dienone is 5. The zero-order valence-electron chi connectivity index (χ0n) is 18.7. The minimum Gasteiger partial charge on any atom is -1.00 e. The number of hydrogen-bond donors (Lipinski definition) is 0. The van der Waals surface area contributed by atoms with Gasteiger partial charge in [-0.05, 0) is 0 Å².